The van der Waals surface area contributed by atoms with Crippen molar-refractivity contribution in [2.45, 2.75) is 51.1 Å². The summed E-state index contributed by atoms with van der Waals surface area (Å²) in [6, 6.07) is 0.148. The summed E-state index contributed by atoms with van der Waals surface area (Å²) >= 11 is 0. The summed E-state index contributed by atoms with van der Waals surface area (Å²) in [6.07, 6.45) is 3.89. The largest absolute Gasteiger partial charge is 0.351 e. The van der Waals surface area contributed by atoms with Crippen LogP contribution in [0, 0.1) is 5.92 Å². The van der Waals surface area contributed by atoms with Crippen LogP contribution in [0.3, 0.4) is 0 Å². The normalized spacial score (nSPS) is 31.3. The number of hydrogen-bond acceptors (Lipinski definition) is 3. The number of nitrogens with two attached hydrogens (primary N) is 1. The highest BCUT2D eigenvalue weighted by atomic mass is 16.2. The Bertz CT molecular complexity index is 267. The van der Waals surface area contributed by atoms with Crippen LogP contribution in [-0.4, -0.2) is 43.0 Å². The lowest BCUT2D eigenvalue weighted by Gasteiger charge is -2.36. The molecule has 0 bridgehead atoms. The third kappa shape index (κ3) is 4.28. The van der Waals surface area contributed by atoms with Gasteiger partial charge in [0.2, 0.25) is 5.91 Å². The molecule has 4 nitrogen and oxygen atoms in total. The van der Waals surface area contributed by atoms with E-state index in [9.17, 15) is 4.79 Å². The third-order valence-corrected chi connectivity index (χ3v) is 3.50. The van der Waals surface area contributed by atoms with Crippen molar-refractivity contribution in [1.82, 2.24) is 10.2 Å². The monoisotopic (exact) mass is 241 g/mol. The third-order valence-electron chi connectivity index (χ3n) is 3.50. The molecule has 0 spiro atoms. The van der Waals surface area contributed by atoms with Gasteiger partial charge in [0.1, 0.15) is 0 Å². The Kier molecular flexibility index (Phi) is 4.95. The summed E-state index contributed by atoms with van der Waals surface area (Å²) in [4.78, 5) is 14.3. The Morgan fingerprint density at radius 3 is 2.76 bits per heavy atom. The standard InChI is InChI=1S/C13H27N3O/c1-10-6-5-7-13(14,8-10)12(17)15-11(2)9-16(3)4/h10-11H,5-9,14H2,1-4H3,(H,15,17). The average Bonchev–Trinajstić information content (AvgIpc) is 2.15. The number of carbonyl (C=O) groups excluding carboxylic acids is 1. The first kappa shape index (κ1) is 14.5. The maximum atomic E-state index is 12.2. The lowest BCUT2D eigenvalue weighted by molar-refractivity contribution is -0.128. The van der Waals surface area contributed by atoms with E-state index in [1.165, 1.54) is 6.42 Å². The van der Waals surface area contributed by atoms with Crippen molar-refractivity contribution in [1.29, 1.82) is 0 Å². The first-order valence-corrected chi connectivity index (χ1v) is 6.58. The van der Waals surface area contributed by atoms with Gasteiger partial charge in [-0.3, -0.25) is 4.79 Å². The molecule has 0 aromatic rings. The number of nitrogens with one attached hydrogen (secondary N) is 1. The minimum atomic E-state index is -0.641. The van der Waals surface area contributed by atoms with Gasteiger partial charge < -0.3 is 16.0 Å². The molecule has 3 unspecified atom stereocenters. The van der Waals surface area contributed by atoms with Crippen LogP contribution in [0.5, 0.6) is 0 Å². The van der Waals surface area contributed by atoms with Gasteiger partial charge in [-0.15, -0.1) is 0 Å². The van der Waals surface area contributed by atoms with E-state index in [-0.39, 0.29) is 11.9 Å². The summed E-state index contributed by atoms with van der Waals surface area (Å²) in [5, 5.41) is 3.04. The number of carbonyl (C=O) groups is 1. The van der Waals surface area contributed by atoms with Crippen molar-refractivity contribution in [3.8, 4) is 0 Å². The van der Waals surface area contributed by atoms with E-state index in [0.717, 1.165) is 25.8 Å². The van der Waals surface area contributed by atoms with E-state index in [4.69, 9.17) is 5.73 Å². The molecule has 100 valence electrons. The minimum Gasteiger partial charge on any atom is -0.351 e. The molecule has 1 aliphatic carbocycles. The number of rotatable bonds is 4. The highest BCUT2D eigenvalue weighted by Gasteiger charge is 2.38. The van der Waals surface area contributed by atoms with Gasteiger partial charge in [-0.05, 0) is 39.8 Å². The van der Waals surface area contributed by atoms with Gasteiger partial charge in [-0.25, -0.2) is 0 Å². The molecular formula is C13H27N3O. The lowest BCUT2D eigenvalue weighted by atomic mass is 9.76. The van der Waals surface area contributed by atoms with Gasteiger partial charge in [0.15, 0.2) is 0 Å². The second-order valence-corrected chi connectivity index (χ2v) is 5.99. The zero-order chi connectivity index (χ0) is 13.1. The summed E-state index contributed by atoms with van der Waals surface area (Å²) in [5.41, 5.74) is 5.61. The summed E-state index contributed by atoms with van der Waals surface area (Å²) < 4.78 is 0. The van der Waals surface area contributed by atoms with Gasteiger partial charge in [0.25, 0.3) is 0 Å². The SMILES string of the molecule is CC1CCCC(N)(C(=O)NC(C)CN(C)C)C1. The molecule has 3 atom stereocenters. The fourth-order valence-electron chi connectivity index (χ4n) is 2.76. The smallest absolute Gasteiger partial charge is 0.240 e. The molecule has 0 radical (unpaired) electrons. The Morgan fingerprint density at radius 2 is 2.24 bits per heavy atom. The Balaban J connectivity index is 2.50. The highest BCUT2D eigenvalue weighted by Crippen LogP contribution is 2.30. The molecule has 0 aromatic heterocycles. The van der Waals surface area contributed by atoms with Crippen LogP contribution >= 0.6 is 0 Å². The molecular weight excluding hydrogens is 214 g/mol. The first-order chi connectivity index (χ1) is 7.83. The van der Waals surface area contributed by atoms with Crippen LogP contribution in [0.15, 0.2) is 0 Å². The van der Waals surface area contributed by atoms with E-state index in [0.29, 0.717) is 5.92 Å². The number of nitrogens with zero attached hydrogens (tertiary/aromatic N) is 1. The van der Waals surface area contributed by atoms with Crippen LogP contribution in [0.1, 0.15) is 39.5 Å². The maximum Gasteiger partial charge on any atom is 0.240 e. The van der Waals surface area contributed by atoms with Gasteiger partial charge in [-0.1, -0.05) is 19.8 Å². The zero-order valence-corrected chi connectivity index (χ0v) is 11.6. The van der Waals surface area contributed by atoms with Crippen LogP contribution in [0.4, 0.5) is 0 Å². The summed E-state index contributed by atoms with van der Waals surface area (Å²) in [6.45, 7) is 5.04. The fourth-order valence-corrected chi connectivity index (χ4v) is 2.76. The van der Waals surface area contributed by atoms with Crippen LogP contribution in [0.25, 0.3) is 0 Å². The van der Waals surface area contributed by atoms with Crippen LogP contribution in [-0.2, 0) is 4.79 Å². The molecule has 0 heterocycles. The van der Waals surface area contributed by atoms with Gasteiger partial charge in [0.05, 0.1) is 5.54 Å². The molecule has 0 saturated heterocycles. The highest BCUT2D eigenvalue weighted by molar-refractivity contribution is 5.86. The molecule has 1 saturated carbocycles. The van der Waals surface area contributed by atoms with E-state index in [2.05, 4.69) is 17.1 Å². The van der Waals surface area contributed by atoms with Crippen LogP contribution in [0.2, 0.25) is 0 Å². The van der Waals surface area contributed by atoms with Crippen molar-refractivity contribution in [3.63, 3.8) is 0 Å². The Morgan fingerprint density at radius 1 is 1.59 bits per heavy atom. The maximum absolute atomic E-state index is 12.2. The zero-order valence-electron chi connectivity index (χ0n) is 11.6. The van der Waals surface area contributed by atoms with E-state index >= 15 is 0 Å². The first-order valence-electron chi connectivity index (χ1n) is 6.58. The topological polar surface area (TPSA) is 58.4 Å². The number of hydrogen-bond donors (Lipinski definition) is 2. The predicted octanol–water partition coefficient (Wildman–Crippen LogP) is 0.960. The quantitative estimate of drug-likeness (QED) is 0.771. The van der Waals surface area contributed by atoms with E-state index in [1.807, 2.05) is 21.0 Å². The van der Waals surface area contributed by atoms with Crippen molar-refractivity contribution in [2.75, 3.05) is 20.6 Å². The number of likely N-dealkylation sites (N-methyl/N-ethyl adjacent to an activating group) is 1. The van der Waals surface area contributed by atoms with E-state index in [1.54, 1.807) is 0 Å². The van der Waals surface area contributed by atoms with Gasteiger partial charge in [0, 0.05) is 12.6 Å². The Hall–Kier alpha value is -0.610. The molecule has 4 heteroatoms. The van der Waals surface area contributed by atoms with Crippen molar-refractivity contribution < 1.29 is 4.79 Å². The van der Waals surface area contributed by atoms with Gasteiger partial charge in [-0.2, -0.15) is 0 Å². The molecule has 1 fully saturated rings. The molecule has 3 N–H and O–H groups in total. The summed E-state index contributed by atoms with van der Waals surface area (Å²) in [5.74, 6) is 0.585. The molecule has 0 aromatic carbocycles. The number of amides is 1. The van der Waals surface area contributed by atoms with Crippen LogP contribution < -0.4 is 11.1 Å². The van der Waals surface area contributed by atoms with Crippen molar-refractivity contribution >= 4 is 5.91 Å². The minimum absolute atomic E-state index is 0.0263. The van der Waals surface area contributed by atoms with E-state index < -0.39 is 5.54 Å². The van der Waals surface area contributed by atoms with Crippen molar-refractivity contribution in [2.24, 2.45) is 11.7 Å². The molecule has 17 heavy (non-hydrogen) atoms. The molecule has 1 amide bonds. The summed E-state index contributed by atoms with van der Waals surface area (Å²) in [7, 11) is 4.01. The molecule has 1 rings (SSSR count). The predicted molar refractivity (Wildman–Crippen MR) is 70.7 cm³/mol. The van der Waals surface area contributed by atoms with Crippen molar-refractivity contribution in [3.05, 3.63) is 0 Å². The second kappa shape index (κ2) is 5.83. The second-order valence-electron chi connectivity index (χ2n) is 5.99. The Labute approximate surface area is 105 Å². The van der Waals surface area contributed by atoms with Gasteiger partial charge >= 0.3 is 0 Å². The molecule has 1 aliphatic rings. The fraction of sp³-hybridized carbons (Fsp3) is 0.923. The average molecular weight is 241 g/mol. The lowest BCUT2D eigenvalue weighted by Crippen LogP contribution is -2.58. The molecule has 0 aliphatic heterocycles.